The Hall–Kier alpha value is -3.68. The second-order valence-corrected chi connectivity index (χ2v) is 11.4. The van der Waals surface area contributed by atoms with E-state index in [-0.39, 0.29) is 5.92 Å². The standard InChI is InChI=1S/C33H38N4O3/c1-23-21-36(22-24(2)40-23)28-15-18-35(19-16-28)27-13-11-26(12-14-27)34-33(39)32(38)31-30(25-8-4-3-5-9-25)20-29-10-6-7-17-37(29)31/h3-14,17,20,23-24,28,30-31H,15-16,18-19,21-22H2,1-2H3,(H,34,39)/t23-,24+,30?,31?. The Bertz CT molecular complexity index is 1300. The second kappa shape index (κ2) is 11.4. The Morgan fingerprint density at radius 2 is 1.60 bits per heavy atom. The molecule has 40 heavy (non-hydrogen) atoms. The van der Waals surface area contributed by atoms with Crippen molar-refractivity contribution in [2.45, 2.75) is 56.9 Å². The van der Waals surface area contributed by atoms with Crippen LogP contribution in [-0.4, -0.2) is 72.0 Å². The van der Waals surface area contributed by atoms with Crippen LogP contribution in [0.3, 0.4) is 0 Å². The first-order valence-corrected chi connectivity index (χ1v) is 14.5. The van der Waals surface area contributed by atoms with Gasteiger partial charge in [-0.05, 0) is 68.7 Å². The lowest BCUT2D eigenvalue weighted by Crippen LogP contribution is -2.53. The predicted octanol–water partition coefficient (Wildman–Crippen LogP) is 4.71. The zero-order valence-corrected chi connectivity index (χ0v) is 23.3. The van der Waals surface area contributed by atoms with Crippen molar-refractivity contribution in [2.24, 2.45) is 0 Å². The first-order valence-electron chi connectivity index (χ1n) is 14.5. The number of allylic oxidation sites excluding steroid dienone is 3. The maximum Gasteiger partial charge on any atom is 0.294 e. The summed E-state index contributed by atoms with van der Waals surface area (Å²) in [6.45, 7) is 8.36. The van der Waals surface area contributed by atoms with Gasteiger partial charge in [-0.3, -0.25) is 14.5 Å². The van der Waals surface area contributed by atoms with E-state index in [1.54, 1.807) is 0 Å². The summed E-state index contributed by atoms with van der Waals surface area (Å²) >= 11 is 0. The molecule has 2 fully saturated rings. The van der Waals surface area contributed by atoms with Gasteiger partial charge in [-0.15, -0.1) is 0 Å². The maximum atomic E-state index is 13.5. The van der Waals surface area contributed by atoms with Gasteiger partial charge in [0.2, 0.25) is 5.78 Å². The number of carbonyl (C=O) groups is 2. The van der Waals surface area contributed by atoms with Crippen LogP contribution in [-0.2, 0) is 14.3 Å². The van der Waals surface area contributed by atoms with Gasteiger partial charge >= 0.3 is 0 Å². The summed E-state index contributed by atoms with van der Waals surface area (Å²) in [4.78, 5) is 33.7. The number of anilines is 2. The normalized spacial score (nSPS) is 26.9. The SMILES string of the molecule is C[C@@H]1CN(C2CCN(c3ccc(NC(=O)C(=O)C4C(c5ccccc5)C=C5C=CC=CN54)cc3)CC2)C[C@H](C)O1. The zero-order chi connectivity index (χ0) is 27.6. The Morgan fingerprint density at radius 3 is 2.30 bits per heavy atom. The molecule has 2 aromatic carbocycles. The van der Waals surface area contributed by atoms with Crippen molar-refractivity contribution >= 4 is 23.1 Å². The molecule has 2 unspecified atom stereocenters. The Morgan fingerprint density at radius 1 is 0.900 bits per heavy atom. The topological polar surface area (TPSA) is 65.1 Å². The van der Waals surface area contributed by atoms with Crippen LogP contribution in [0.1, 0.15) is 38.2 Å². The maximum absolute atomic E-state index is 13.5. The number of hydrogen-bond acceptors (Lipinski definition) is 6. The predicted molar refractivity (Wildman–Crippen MR) is 158 cm³/mol. The van der Waals surface area contributed by atoms with E-state index in [2.05, 4.69) is 35.0 Å². The van der Waals surface area contributed by atoms with Crippen LogP contribution >= 0.6 is 0 Å². The molecule has 0 spiro atoms. The van der Waals surface area contributed by atoms with Gasteiger partial charge in [-0.25, -0.2) is 0 Å². The number of ether oxygens (including phenoxy) is 1. The number of carbonyl (C=O) groups excluding carboxylic acids is 2. The van der Waals surface area contributed by atoms with Crippen molar-refractivity contribution in [3.05, 3.63) is 96.4 Å². The number of fused-ring (bicyclic) bond motifs is 1. The summed E-state index contributed by atoms with van der Waals surface area (Å²) < 4.78 is 5.92. The third-order valence-corrected chi connectivity index (χ3v) is 8.51. The van der Waals surface area contributed by atoms with Gasteiger partial charge in [0.15, 0.2) is 0 Å². The number of piperidine rings is 1. The van der Waals surface area contributed by atoms with E-state index in [4.69, 9.17) is 4.74 Å². The Balaban J connectivity index is 1.07. The largest absolute Gasteiger partial charge is 0.373 e. The molecule has 2 saturated heterocycles. The molecular formula is C33H38N4O3. The van der Waals surface area contributed by atoms with E-state index in [0.717, 1.165) is 56.0 Å². The number of morpholine rings is 1. The molecule has 7 heteroatoms. The Kier molecular flexibility index (Phi) is 7.59. The molecule has 0 saturated carbocycles. The van der Waals surface area contributed by atoms with Crippen molar-refractivity contribution < 1.29 is 14.3 Å². The van der Waals surface area contributed by atoms with Crippen molar-refractivity contribution in [1.82, 2.24) is 9.80 Å². The number of nitrogens with zero attached hydrogens (tertiary/aromatic N) is 3. The third-order valence-electron chi connectivity index (χ3n) is 8.51. The molecule has 1 N–H and O–H groups in total. The highest BCUT2D eigenvalue weighted by molar-refractivity contribution is 6.42. The summed E-state index contributed by atoms with van der Waals surface area (Å²) in [5.41, 5.74) is 3.73. The first kappa shape index (κ1) is 26.5. The van der Waals surface area contributed by atoms with E-state index in [1.165, 1.54) is 0 Å². The molecule has 2 aromatic rings. The molecule has 4 atom stereocenters. The van der Waals surface area contributed by atoms with Crippen LogP contribution in [0.5, 0.6) is 0 Å². The number of benzene rings is 2. The van der Waals surface area contributed by atoms with Crippen LogP contribution in [0.25, 0.3) is 0 Å². The van der Waals surface area contributed by atoms with Crippen LogP contribution in [0.15, 0.2) is 90.8 Å². The lowest BCUT2D eigenvalue weighted by Gasteiger charge is -2.44. The van der Waals surface area contributed by atoms with Gasteiger partial charge in [-0.1, -0.05) is 42.5 Å². The molecule has 0 aromatic heterocycles. The molecule has 0 aliphatic carbocycles. The average molecular weight is 539 g/mol. The minimum Gasteiger partial charge on any atom is -0.373 e. The van der Waals surface area contributed by atoms with Crippen LogP contribution in [0, 0.1) is 0 Å². The first-order chi connectivity index (χ1) is 19.5. The minimum atomic E-state index is -0.614. The van der Waals surface area contributed by atoms with E-state index in [0.29, 0.717) is 23.9 Å². The smallest absolute Gasteiger partial charge is 0.294 e. The van der Waals surface area contributed by atoms with E-state index in [9.17, 15) is 9.59 Å². The number of Topliss-reactive ketones (excluding diaryl/α,β-unsaturated/α-hetero) is 1. The van der Waals surface area contributed by atoms with Crippen molar-refractivity contribution in [2.75, 3.05) is 36.4 Å². The fourth-order valence-electron chi connectivity index (χ4n) is 6.64. The highest BCUT2D eigenvalue weighted by Crippen LogP contribution is 2.37. The van der Waals surface area contributed by atoms with Crippen LogP contribution < -0.4 is 10.2 Å². The highest BCUT2D eigenvalue weighted by atomic mass is 16.5. The van der Waals surface area contributed by atoms with Gasteiger partial charge < -0.3 is 19.9 Å². The lowest BCUT2D eigenvalue weighted by molar-refractivity contribution is -0.137. The molecule has 4 aliphatic rings. The molecule has 6 rings (SSSR count). The Labute approximate surface area is 236 Å². The fraction of sp³-hybridized carbons (Fsp3) is 0.394. The van der Waals surface area contributed by atoms with E-state index < -0.39 is 17.7 Å². The molecule has 0 radical (unpaired) electrons. The molecule has 4 heterocycles. The van der Waals surface area contributed by atoms with Crippen molar-refractivity contribution in [3.8, 4) is 0 Å². The van der Waals surface area contributed by atoms with Crippen LogP contribution in [0.4, 0.5) is 11.4 Å². The van der Waals surface area contributed by atoms with Gasteiger partial charge in [0.1, 0.15) is 6.04 Å². The molecule has 208 valence electrons. The van der Waals surface area contributed by atoms with E-state index in [1.807, 2.05) is 83.9 Å². The number of hydrogen-bond donors (Lipinski definition) is 1. The zero-order valence-electron chi connectivity index (χ0n) is 23.3. The highest BCUT2D eigenvalue weighted by Gasteiger charge is 2.41. The van der Waals surface area contributed by atoms with Crippen molar-refractivity contribution in [3.63, 3.8) is 0 Å². The number of nitrogens with one attached hydrogen (secondary N) is 1. The lowest BCUT2D eigenvalue weighted by atomic mass is 9.90. The minimum absolute atomic E-state index is 0.198. The molecule has 1 amide bonds. The van der Waals surface area contributed by atoms with Gasteiger partial charge in [-0.2, -0.15) is 0 Å². The summed E-state index contributed by atoms with van der Waals surface area (Å²) in [6, 6.07) is 17.8. The molecule has 4 aliphatic heterocycles. The summed E-state index contributed by atoms with van der Waals surface area (Å²) in [7, 11) is 0. The monoisotopic (exact) mass is 538 g/mol. The quantitative estimate of drug-likeness (QED) is 0.538. The number of amides is 1. The number of ketones is 1. The van der Waals surface area contributed by atoms with Crippen LogP contribution in [0.2, 0.25) is 0 Å². The van der Waals surface area contributed by atoms with Crippen molar-refractivity contribution in [1.29, 1.82) is 0 Å². The third kappa shape index (κ3) is 5.49. The number of rotatable bonds is 6. The van der Waals surface area contributed by atoms with Gasteiger partial charge in [0.05, 0.1) is 12.2 Å². The average Bonchev–Trinajstić information content (AvgIpc) is 3.37. The summed E-state index contributed by atoms with van der Waals surface area (Å²) in [6.07, 6.45) is 12.6. The van der Waals surface area contributed by atoms with Gasteiger partial charge in [0, 0.05) is 61.4 Å². The van der Waals surface area contributed by atoms with E-state index >= 15 is 0 Å². The van der Waals surface area contributed by atoms with Gasteiger partial charge in [0.25, 0.3) is 5.91 Å². The molecule has 0 bridgehead atoms. The fourth-order valence-corrected chi connectivity index (χ4v) is 6.64. The summed E-state index contributed by atoms with van der Waals surface area (Å²) in [5, 5.41) is 2.86. The molecular weight excluding hydrogens is 500 g/mol. The second-order valence-electron chi connectivity index (χ2n) is 11.4. The summed E-state index contributed by atoms with van der Waals surface area (Å²) in [5.74, 6) is -1.24. The molecule has 7 nitrogen and oxygen atoms in total.